The summed E-state index contributed by atoms with van der Waals surface area (Å²) in [5.41, 5.74) is -0.433. The van der Waals surface area contributed by atoms with Gasteiger partial charge in [-0.1, -0.05) is 11.6 Å². The Bertz CT molecular complexity index is 1340. The second-order valence-corrected chi connectivity index (χ2v) is 9.16. The van der Waals surface area contributed by atoms with Crippen molar-refractivity contribution in [1.29, 1.82) is 0 Å². The van der Waals surface area contributed by atoms with E-state index in [2.05, 4.69) is 0 Å². The average Bonchev–Trinajstić information content (AvgIpc) is 2.77. The van der Waals surface area contributed by atoms with Crippen LogP contribution in [0.2, 0.25) is 5.02 Å². The maximum atomic E-state index is 13.5. The van der Waals surface area contributed by atoms with Crippen LogP contribution in [0.5, 0.6) is 5.75 Å². The third kappa shape index (κ3) is 4.63. The van der Waals surface area contributed by atoms with Gasteiger partial charge in [0.25, 0.3) is 5.91 Å². The van der Waals surface area contributed by atoms with Crippen LogP contribution in [0.25, 0.3) is 22.1 Å². The van der Waals surface area contributed by atoms with Crippen molar-refractivity contribution >= 4 is 34.4 Å². The molecular formula is C25H23ClFNO6. The van der Waals surface area contributed by atoms with Gasteiger partial charge in [0.1, 0.15) is 17.1 Å². The van der Waals surface area contributed by atoms with Gasteiger partial charge in [0.05, 0.1) is 10.4 Å². The number of carbonyl (C=O) groups excluding carboxylic acids is 1. The fourth-order valence-corrected chi connectivity index (χ4v) is 4.53. The van der Waals surface area contributed by atoms with E-state index in [0.29, 0.717) is 41.6 Å². The lowest BCUT2D eigenvalue weighted by molar-refractivity contribution is -0.155. The lowest BCUT2D eigenvalue weighted by atomic mass is 9.82. The summed E-state index contributed by atoms with van der Waals surface area (Å²) in [6.45, 7) is 3.80. The first-order valence-corrected chi connectivity index (χ1v) is 11.2. The van der Waals surface area contributed by atoms with Crippen molar-refractivity contribution < 1.29 is 28.2 Å². The zero-order chi connectivity index (χ0) is 24.6. The normalized spacial score (nSPS) is 19.1. The highest BCUT2D eigenvalue weighted by Gasteiger charge is 2.40. The zero-order valence-corrected chi connectivity index (χ0v) is 19.4. The predicted molar refractivity (Wildman–Crippen MR) is 125 cm³/mol. The third-order valence-corrected chi connectivity index (χ3v) is 6.44. The highest BCUT2D eigenvalue weighted by molar-refractivity contribution is 6.33. The van der Waals surface area contributed by atoms with Crippen molar-refractivity contribution in [2.24, 2.45) is 5.41 Å². The summed E-state index contributed by atoms with van der Waals surface area (Å²) in [6.07, 6.45) is 0.220. The van der Waals surface area contributed by atoms with Crippen LogP contribution in [0.1, 0.15) is 26.7 Å². The fraction of sp³-hybridized carbons (Fsp3) is 0.320. The highest BCUT2D eigenvalue weighted by atomic mass is 35.5. The Labute approximate surface area is 199 Å². The molecule has 4 rings (SSSR count). The first-order valence-electron chi connectivity index (χ1n) is 10.8. The number of carbonyl (C=O) groups is 2. The van der Waals surface area contributed by atoms with E-state index < -0.39 is 28.9 Å². The molecule has 1 amide bonds. The summed E-state index contributed by atoms with van der Waals surface area (Å²) in [5.74, 6) is -1.44. The summed E-state index contributed by atoms with van der Waals surface area (Å²) < 4.78 is 24.6. The first kappa shape index (κ1) is 23.8. The molecule has 0 aliphatic carbocycles. The molecule has 178 valence electrons. The van der Waals surface area contributed by atoms with E-state index in [1.54, 1.807) is 26.0 Å². The molecule has 2 aromatic carbocycles. The van der Waals surface area contributed by atoms with Crippen molar-refractivity contribution in [2.75, 3.05) is 13.1 Å². The smallest absolute Gasteiger partial charge is 0.336 e. The van der Waals surface area contributed by atoms with Gasteiger partial charge in [-0.25, -0.2) is 9.18 Å². The van der Waals surface area contributed by atoms with Crippen LogP contribution in [0.4, 0.5) is 4.39 Å². The Kier molecular flexibility index (Phi) is 6.36. The number of hydrogen-bond donors (Lipinski definition) is 1. The monoisotopic (exact) mass is 487 g/mol. The van der Waals surface area contributed by atoms with E-state index in [1.165, 1.54) is 29.2 Å². The number of fused-ring (bicyclic) bond motifs is 1. The molecule has 9 heteroatoms. The Morgan fingerprint density at radius 3 is 2.68 bits per heavy atom. The molecule has 2 unspecified atom stereocenters. The van der Waals surface area contributed by atoms with E-state index >= 15 is 0 Å². The molecule has 1 saturated heterocycles. The van der Waals surface area contributed by atoms with Crippen LogP contribution in [0, 0.1) is 11.2 Å². The van der Waals surface area contributed by atoms with Crippen LogP contribution in [-0.2, 0) is 9.59 Å². The number of carboxylic acid groups (broad SMARTS) is 1. The molecule has 1 aliphatic rings. The summed E-state index contributed by atoms with van der Waals surface area (Å²) >= 11 is 6.19. The molecule has 7 nitrogen and oxygen atoms in total. The molecule has 0 bridgehead atoms. The molecule has 2 heterocycles. The Balaban J connectivity index is 1.59. The maximum Gasteiger partial charge on any atom is 0.336 e. The summed E-state index contributed by atoms with van der Waals surface area (Å²) in [6, 6.07) is 9.98. The van der Waals surface area contributed by atoms with E-state index in [-0.39, 0.29) is 23.1 Å². The van der Waals surface area contributed by atoms with E-state index in [0.717, 1.165) is 6.07 Å². The molecule has 1 aliphatic heterocycles. The predicted octanol–water partition coefficient (Wildman–Crippen LogP) is 4.73. The van der Waals surface area contributed by atoms with Gasteiger partial charge in [-0.2, -0.15) is 0 Å². The van der Waals surface area contributed by atoms with Crippen LogP contribution in [0.15, 0.2) is 51.7 Å². The second-order valence-electron chi connectivity index (χ2n) is 8.75. The van der Waals surface area contributed by atoms with Crippen molar-refractivity contribution in [3.63, 3.8) is 0 Å². The number of nitrogens with zero attached hydrogens (tertiary/aromatic N) is 1. The molecule has 0 saturated carbocycles. The minimum atomic E-state index is -0.988. The number of carboxylic acids is 1. The molecular weight excluding hydrogens is 465 g/mol. The second kappa shape index (κ2) is 9.10. The van der Waals surface area contributed by atoms with E-state index in [9.17, 15) is 23.9 Å². The fourth-order valence-electron chi connectivity index (χ4n) is 4.26. The zero-order valence-electron chi connectivity index (χ0n) is 18.6. The van der Waals surface area contributed by atoms with Gasteiger partial charge in [-0.3, -0.25) is 9.59 Å². The molecule has 1 fully saturated rings. The number of likely N-dealkylation sites (tertiary alicyclic amines) is 1. The molecule has 34 heavy (non-hydrogen) atoms. The van der Waals surface area contributed by atoms with Crippen molar-refractivity contribution in [2.45, 2.75) is 32.8 Å². The van der Waals surface area contributed by atoms with Crippen molar-refractivity contribution in [3.8, 4) is 16.9 Å². The molecule has 1 aromatic heterocycles. The first-order chi connectivity index (χ1) is 16.1. The summed E-state index contributed by atoms with van der Waals surface area (Å²) in [5, 5.41) is 10.2. The number of piperidine rings is 1. The summed E-state index contributed by atoms with van der Waals surface area (Å²) in [7, 11) is 0. The van der Waals surface area contributed by atoms with Crippen LogP contribution in [0.3, 0.4) is 0 Å². The highest BCUT2D eigenvalue weighted by Crippen LogP contribution is 2.35. The topological polar surface area (TPSA) is 97.0 Å². The van der Waals surface area contributed by atoms with Gasteiger partial charge in [-0.05, 0) is 57.0 Å². The lowest BCUT2D eigenvalue weighted by Gasteiger charge is -2.38. The number of rotatable bonds is 5. The van der Waals surface area contributed by atoms with Gasteiger partial charge < -0.3 is 19.2 Å². The Morgan fingerprint density at radius 1 is 1.21 bits per heavy atom. The SMILES string of the molecule is CC(Oc1ccc2c(-c3ccc(F)cc3Cl)cc(=O)oc2c1)C(=O)N1CCCC(C)(C(=O)O)C1. The number of halogens is 2. The molecule has 3 aromatic rings. The van der Waals surface area contributed by atoms with Crippen molar-refractivity contribution in [1.82, 2.24) is 4.90 Å². The molecule has 0 radical (unpaired) electrons. The van der Waals surface area contributed by atoms with Gasteiger partial charge in [0.15, 0.2) is 6.10 Å². The number of hydrogen-bond acceptors (Lipinski definition) is 5. The van der Waals surface area contributed by atoms with Gasteiger partial charge in [0, 0.05) is 41.7 Å². The molecule has 0 spiro atoms. The quantitative estimate of drug-likeness (QED) is 0.522. The maximum absolute atomic E-state index is 13.5. The summed E-state index contributed by atoms with van der Waals surface area (Å²) in [4.78, 5) is 38.2. The Hall–Kier alpha value is -3.39. The molecule has 2 atom stereocenters. The standard InChI is InChI=1S/C25H23ClFNO6/c1-14(23(30)28-9-3-8-25(2,13-28)24(31)32)33-16-5-7-18-19(12-22(29)34-21(18)11-16)17-6-4-15(27)10-20(17)26/h4-7,10-12,14H,3,8-9,13H2,1-2H3,(H,31,32). The van der Waals surface area contributed by atoms with Crippen LogP contribution in [-0.4, -0.2) is 41.1 Å². The number of aliphatic carboxylic acids is 1. The number of amides is 1. The number of ether oxygens (including phenoxy) is 1. The van der Waals surface area contributed by atoms with Crippen molar-refractivity contribution in [3.05, 3.63) is 63.7 Å². The van der Waals surface area contributed by atoms with E-state index in [4.69, 9.17) is 20.8 Å². The van der Waals surface area contributed by atoms with Gasteiger partial charge in [-0.15, -0.1) is 0 Å². The minimum Gasteiger partial charge on any atom is -0.481 e. The minimum absolute atomic E-state index is 0.114. The van der Waals surface area contributed by atoms with Gasteiger partial charge >= 0.3 is 11.6 Å². The van der Waals surface area contributed by atoms with Gasteiger partial charge in [0.2, 0.25) is 0 Å². The Morgan fingerprint density at radius 2 is 1.97 bits per heavy atom. The van der Waals surface area contributed by atoms with E-state index in [1.807, 2.05) is 0 Å². The average molecular weight is 488 g/mol. The largest absolute Gasteiger partial charge is 0.481 e. The lowest BCUT2D eigenvalue weighted by Crippen LogP contribution is -2.51. The molecule has 1 N–H and O–H groups in total. The van der Waals surface area contributed by atoms with Crippen LogP contribution >= 0.6 is 11.6 Å². The van der Waals surface area contributed by atoms with Crippen LogP contribution < -0.4 is 10.4 Å². The third-order valence-electron chi connectivity index (χ3n) is 6.12. The number of benzene rings is 2.